The molecule has 4 heteroatoms. The summed E-state index contributed by atoms with van der Waals surface area (Å²) < 4.78 is 10.7. The van der Waals surface area contributed by atoms with Crippen LogP contribution in [0.15, 0.2) is 12.1 Å². The van der Waals surface area contributed by atoms with Crippen molar-refractivity contribution >= 4 is 5.69 Å². The number of hydrogen-bond donors (Lipinski definition) is 1. The molecular weight excluding hydrogens is 228 g/mol. The highest BCUT2D eigenvalue weighted by Crippen LogP contribution is 2.36. The SMILES string of the molecule is Cc1cc2c(cc1NCC(C#N)C(C)C)OCO2. The minimum absolute atomic E-state index is 0.00910. The van der Waals surface area contributed by atoms with Gasteiger partial charge in [0.25, 0.3) is 0 Å². The van der Waals surface area contributed by atoms with Gasteiger partial charge >= 0.3 is 0 Å². The Morgan fingerprint density at radius 1 is 1.33 bits per heavy atom. The van der Waals surface area contributed by atoms with E-state index in [1.165, 1.54) is 0 Å². The van der Waals surface area contributed by atoms with Gasteiger partial charge in [-0.2, -0.15) is 5.26 Å². The van der Waals surface area contributed by atoms with Gasteiger partial charge in [-0.1, -0.05) is 13.8 Å². The van der Waals surface area contributed by atoms with Crippen LogP contribution in [0.4, 0.5) is 5.69 Å². The molecule has 0 radical (unpaired) electrons. The second-order valence-electron chi connectivity index (χ2n) is 4.88. The molecule has 0 bridgehead atoms. The summed E-state index contributed by atoms with van der Waals surface area (Å²) >= 11 is 0. The summed E-state index contributed by atoms with van der Waals surface area (Å²) in [6.07, 6.45) is 0. The predicted molar refractivity (Wildman–Crippen MR) is 69.7 cm³/mol. The van der Waals surface area contributed by atoms with E-state index < -0.39 is 0 Å². The average Bonchev–Trinajstić information content (AvgIpc) is 2.76. The first-order valence-electron chi connectivity index (χ1n) is 6.15. The molecule has 96 valence electrons. The molecule has 1 aliphatic rings. The Labute approximate surface area is 108 Å². The number of anilines is 1. The van der Waals surface area contributed by atoms with Crippen LogP contribution in [-0.4, -0.2) is 13.3 Å². The minimum Gasteiger partial charge on any atom is -0.454 e. The monoisotopic (exact) mass is 246 g/mol. The van der Waals surface area contributed by atoms with Gasteiger partial charge in [0, 0.05) is 18.3 Å². The van der Waals surface area contributed by atoms with Crippen molar-refractivity contribution in [2.45, 2.75) is 20.8 Å². The van der Waals surface area contributed by atoms with E-state index in [0.717, 1.165) is 22.7 Å². The van der Waals surface area contributed by atoms with Crippen LogP contribution in [-0.2, 0) is 0 Å². The maximum atomic E-state index is 9.06. The number of rotatable bonds is 4. The van der Waals surface area contributed by atoms with Crippen molar-refractivity contribution < 1.29 is 9.47 Å². The van der Waals surface area contributed by atoms with E-state index in [9.17, 15) is 0 Å². The Bertz CT molecular complexity index is 477. The molecule has 0 aliphatic carbocycles. The summed E-state index contributed by atoms with van der Waals surface area (Å²) in [5.41, 5.74) is 2.10. The standard InChI is InChI=1S/C14H18N2O2/c1-9(2)11(6-15)7-16-12-5-14-13(4-10(12)3)17-8-18-14/h4-5,9,11,16H,7-8H2,1-3H3. The summed E-state index contributed by atoms with van der Waals surface area (Å²) in [7, 11) is 0. The van der Waals surface area contributed by atoms with Gasteiger partial charge in [-0.15, -0.1) is 0 Å². The Balaban J connectivity index is 2.08. The molecule has 0 saturated carbocycles. The lowest BCUT2D eigenvalue weighted by Crippen LogP contribution is -2.18. The fraction of sp³-hybridized carbons (Fsp3) is 0.500. The Hall–Kier alpha value is -1.89. The highest BCUT2D eigenvalue weighted by molar-refractivity contribution is 5.60. The smallest absolute Gasteiger partial charge is 0.231 e. The number of aryl methyl sites for hydroxylation is 1. The fourth-order valence-electron chi connectivity index (χ4n) is 1.88. The van der Waals surface area contributed by atoms with Crippen molar-refractivity contribution in [3.05, 3.63) is 17.7 Å². The maximum Gasteiger partial charge on any atom is 0.231 e. The van der Waals surface area contributed by atoms with E-state index in [0.29, 0.717) is 12.5 Å². The molecule has 1 aliphatic heterocycles. The quantitative estimate of drug-likeness (QED) is 0.887. The van der Waals surface area contributed by atoms with Crippen LogP contribution < -0.4 is 14.8 Å². The van der Waals surface area contributed by atoms with Crippen molar-refractivity contribution in [1.82, 2.24) is 0 Å². The third-order valence-electron chi connectivity index (χ3n) is 3.20. The highest BCUT2D eigenvalue weighted by atomic mass is 16.7. The third-order valence-corrected chi connectivity index (χ3v) is 3.20. The number of nitrogens with one attached hydrogen (secondary N) is 1. The molecule has 0 aromatic heterocycles. The molecule has 1 unspecified atom stereocenters. The first kappa shape index (κ1) is 12.6. The average molecular weight is 246 g/mol. The lowest BCUT2D eigenvalue weighted by molar-refractivity contribution is 0.174. The van der Waals surface area contributed by atoms with Gasteiger partial charge in [-0.05, 0) is 24.5 Å². The molecule has 0 saturated heterocycles. The number of nitrogens with zero attached hydrogens (tertiary/aromatic N) is 1. The fourth-order valence-corrected chi connectivity index (χ4v) is 1.88. The Morgan fingerprint density at radius 3 is 2.61 bits per heavy atom. The largest absolute Gasteiger partial charge is 0.454 e. The van der Waals surface area contributed by atoms with Crippen molar-refractivity contribution in [2.75, 3.05) is 18.7 Å². The highest BCUT2D eigenvalue weighted by Gasteiger charge is 2.17. The van der Waals surface area contributed by atoms with Crippen molar-refractivity contribution in [2.24, 2.45) is 11.8 Å². The van der Waals surface area contributed by atoms with Crippen LogP contribution in [0.25, 0.3) is 0 Å². The Kier molecular flexibility index (Phi) is 3.61. The molecule has 0 amide bonds. The molecule has 0 spiro atoms. The number of ether oxygens (including phenoxy) is 2. The van der Waals surface area contributed by atoms with Crippen LogP contribution in [0.3, 0.4) is 0 Å². The summed E-state index contributed by atoms with van der Waals surface area (Å²) in [6.45, 7) is 7.06. The molecule has 2 rings (SSSR count). The second kappa shape index (κ2) is 5.18. The summed E-state index contributed by atoms with van der Waals surface area (Å²) in [5.74, 6) is 1.91. The van der Waals surface area contributed by atoms with Crippen molar-refractivity contribution in [3.63, 3.8) is 0 Å². The topological polar surface area (TPSA) is 54.3 Å². The van der Waals surface area contributed by atoms with E-state index in [1.807, 2.05) is 19.1 Å². The number of hydrogen-bond acceptors (Lipinski definition) is 4. The molecule has 1 heterocycles. The van der Waals surface area contributed by atoms with E-state index in [2.05, 4.69) is 25.2 Å². The number of benzene rings is 1. The van der Waals surface area contributed by atoms with Gasteiger partial charge in [-0.3, -0.25) is 0 Å². The predicted octanol–water partition coefficient (Wildman–Crippen LogP) is 2.93. The molecule has 0 fully saturated rings. The lowest BCUT2D eigenvalue weighted by Gasteiger charge is -2.16. The molecule has 1 aromatic rings. The zero-order chi connectivity index (χ0) is 13.1. The van der Waals surface area contributed by atoms with Crippen LogP contribution >= 0.6 is 0 Å². The lowest BCUT2D eigenvalue weighted by atomic mass is 9.97. The third kappa shape index (κ3) is 2.51. The van der Waals surface area contributed by atoms with Crippen molar-refractivity contribution in [3.8, 4) is 17.6 Å². The minimum atomic E-state index is 0.00910. The van der Waals surface area contributed by atoms with E-state index in [4.69, 9.17) is 14.7 Å². The number of fused-ring (bicyclic) bond motifs is 1. The summed E-state index contributed by atoms with van der Waals surface area (Å²) in [6, 6.07) is 6.22. The second-order valence-corrected chi connectivity index (χ2v) is 4.88. The molecule has 1 atom stereocenters. The van der Waals surface area contributed by atoms with Crippen LogP contribution in [0.1, 0.15) is 19.4 Å². The van der Waals surface area contributed by atoms with Gasteiger partial charge in [0.2, 0.25) is 6.79 Å². The first-order chi connectivity index (χ1) is 8.61. The van der Waals surface area contributed by atoms with Gasteiger partial charge in [0.15, 0.2) is 11.5 Å². The zero-order valence-corrected chi connectivity index (χ0v) is 11.0. The van der Waals surface area contributed by atoms with E-state index >= 15 is 0 Å². The van der Waals surface area contributed by atoms with Gasteiger partial charge in [-0.25, -0.2) is 0 Å². The maximum absolute atomic E-state index is 9.06. The zero-order valence-electron chi connectivity index (χ0n) is 11.0. The molecule has 1 N–H and O–H groups in total. The molecule has 18 heavy (non-hydrogen) atoms. The van der Waals surface area contributed by atoms with Gasteiger partial charge in [0.1, 0.15) is 0 Å². The molecule has 1 aromatic carbocycles. The Morgan fingerprint density at radius 2 is 2.00 bits per heavy atom. The normalized spacial score (nSPS) is 14.4. The van der Waals surface area contributed by atoms with E-state index in [1.54, 1.807) is 0 Å². The number of nitriles is 1. The molecule has 4 nitrogen and oxygen atoms in total. The first-order valence-corrected chi connectivity index (χ1v) is 6.15. The van der Waals surface area contributed by atoms with Crippen LogP contribution in [0, 0.1) is 30.1 Å². The van der Waals surface area contributed by atoms with Gasteiger partial charge < -0.3 is 14.8 Å². The van der Waals surface area contributed by atoms with E-state index in [-0.39, 0.29) is 12.7 Å². The summed E-state index contributed by atoms with van der Waals surface area (Å²) in [4.78, 5) is 0. The van der Waals surface area contributed by atoms with Crippen LogP contribution in [0.5, 0.6) is 11.5 Å². The molecular formula is C14H18N2O2. The van der Waals surface area contributed by atoms with Crippen molar-refractivity contribution in [1.29, 1.82) is 5.26 Å². The van der Waals surface area contributed by atoms with Crippen LogP contribution in [0.2, 0.25) is 0 Å². The van der Waals surface area contributed by atoms with Gasteiger partial charge in [0.05, 0.1) is 12.0 Å². The summed E-state index contributed by atoms with van der Waals surface area (Å²) in [5, 5.41) is 12.4.